The van der Waals surface area contributed by atoms with Gasteiger partial charge in [0.2, 0.25) is 8.32 Å². The largest absolute Gasteiger partial charge is 0.460 e. The summed E-state index contributed by atoms with van der Waals surface area (Å²) in [7, 11) is -4.11. The summed E-state index contributed by atoms with van der Waals surface area (Å²) >= 11 is 5.31. The van der Waals surface area contributed by atoms with Gasteiger partial charge < -0.3 is 12.2 Å². The minimum Gasteiger partial charge on any atom is -0.460 e. The van der Waals surface area contributed by atoms with E-state index in [1.165, 1.54) is 0 Å². The zero-order chi connectivity index (χ0) is 11.0. The molecule has 0 bridgehead atoms. The third kappa shape index (κ3) is 3.80. The average molecular weight is 254 g/mol. The van der Waals surface area contributed by atoms with Crippen LogP contribution in [0.25, 0.3) is 0 Å². The van der Waals surface area contributed by atoms with E-state index in [9.17, 15) is 0 Å². The molecule has 1 fully saturated rings. The van der Waals surface area contributed by atoms with Crippen LogP contribution >= 0.6 is 7.15 Å². The van der Waals surface area contributed by atoms with Gasteiger partial charge in [-0.15, -0.1) is 0 Å². The zero-order valence-corrected chi connectivity index (χ0v) is 12.2. The van der Waals surface area contributed by atoms with Gasteiger partial charge in [-0.2, -0.15) is 9.05 Å². The Morgan fingerprint density at radius 1 is 1.36 bits per heavy atom. The minimum absolute atomic E-state index is 0.144. The minimum atomic E-state index is -2.43. The SMILES string of the molecule is CC1CO[P+]([S-])(O[Si](C)(C)C)OC1C. The molecular formula is C8H19O3PSSi. The van der Waals surface area contributed by atoms with E-state index >= 15 is 0 Å². The summed E-state index contributed by atoms with van der Waals surface area (Å²) in [6.45, 7) is 11.1. The van der Waals surface area contributed by atoms with Crippen LogP contribution in [0.2, 0.25) is 19.6 Å². The van der Waals surface area contributed by atoms with Crippen molar-refractivity contribution in [2.45, 2.75) is 39.6 Å². The van der Waals surface area contributed by atoms with E-state index in [2.05, 4.69) is 26.6 Å². The van der Waals surface area contributed by atoms with E-state index in [1.807, 2.05) is 6.92 Å². The van der Waals surface area contributed by atoms with Crippen molar-refractivity contribution >= 4 is 27.7 Å². The van der Waals surface area contributed by atoms with E-state index < -0.39 is 15.5 Å². The summed E-state index contributed by atoms with van der Waals surface area (Å²) in [5, 5.41) is 0. The van der Waals surface area contributed by atoms with Crippen LogP contribution in [0.15, 0.2) is 0 Å². The Bertz CT molecular complexity index is 211. The lowest BCUT2D eigenvalue weighted by Crippen LogP contribution is -2.34. The molecule has 0 aliphatic carbocycles. The molecule has 0 amide bonds. The predicted octanol–water partition coefficient (Wildman–Crippen LogP) is 3.13. The molecule has 1 aliphatic heterocycles. The first-order valence-corrected chi connectivity index (χ1v) is 10.8. The topological polar surface area (TPSA) is 27.7 Å². The molecule has 0 radical (unpaired) electrons. The molecule has 14 heavy (non-hydrogen) atoms. The fraction of sp³-hybridized carbons (Fsp3) is 1.00. The van der Waals surface area contributed by atoms with Gasteiger partial charge in [0.25, 0.3) is 7.15 Å². The lowest BCUT2D eigenvalue weighted by Gasteiger charge is -2.39. The van der Waals surface area contributed by atoms with Crippen molar-refractivity contribution in [3.8, 4) is 0 Å². The van der Waals surface area contributed by atoms with E-state index in [1.54, 1.807) is 0 Å². The number of hydrogen-bond acceptors (Lipinski definition) is 4. The van der Waals surface area contributed by atoms with Gasteiger partial charge in [-0.1, -0.05) is 6.92 Å². The molecule has 1 aliphatic rings. The molecule has 0 N–H and O–H groups in total. The van der Waals surface area contributed by atoms with E-state index in [0.29, 0.717) is 12.5 Å². The van der Waals surface area contributed by atoms with Gasteiger partial charge in [-0.3, -0.25) is 0 Å². The maximum absolute atomic E-state index is 5.81. The highest BCUT2D eigenvalue weighted by molar-refractivity contribution is 8.36. The Hall–Kier alpha value is 0.877. The molecular weight excluding hydrogens is 235 g/mol. The maximum Gasteiger partial charge on any atom is 0.276 e. The highest BCUT2D eigenvalue weighted by Gasteiger charge is 2.43. The monoisotopic (exact) mass is 254 g/mol. The first-order valence-electron chi connectivity index (χ1n) is 4.86. The van der Waals surface area contributed by atoms with Crippen LogP contribution in [-0.4, -0.2) is 21.0 Å². The zero-order valence-electron chi connectivity index (χ0n) is 9.44. The summed E-state index contributed by atoms with van der Waals surface area (Å²) in [5.41, 5.74) is 0. The molecule has 3 unspecified atom stereocenters. The van der Waals surface area contributed by atoms with Crippen molar-refractivity contribution in [2.24, 2.45) is 5.92 Å². The van der Waals surface area contributed by atoms with Gasteiger partial charge in [0.05, 0.1) is 0 Å². The molecule has 84 valence electrons. The molecule has 1 rings (SSSR count). The molecule has 0 aromatic carbocycles. The van der Waals surface area contributed by atoms with Crippen molar-refractivity contribution in [1.29, 1.82) is 0 Å². The molecule has 1 heterocycles. The van der Waals surface area contributed by atoms with Crippen LogP contribution in [0, 0.1) is 5.92 Å². The van der Waals surface area contributed by atoms with Gasteiger partial charge >= 0.3 is 0 Å². The lowest BCUT2D eigenvalue weighted by atomic mass is 10.1. The van der Waals surface area contributed by atoms with Crippen molar-refractivity contribution in [3.63, 3.8) is 0 Å². The summed E-state index contributed by atoms with van der Waals surface area (Å²) < 4.78 is 17.0. The van der Waals surface area contributed by atoms with Gasteiger partial charge in [0, 0.05) is 5.92 Å². The Balaban J connectivity index is 2.59. The van der Waals surface area contributed by atoms with Gasteiger partial charge in [-0.05, 0) is 26.6 Å². The fourth-order valence-corrected chi connectivity index (χ4v) is 7.83. The lowest BCUT2D eigenvalue weighted by molar-refractivity contribution is 0.0414. The molecule has 0 spiro atoms. The summed E-state index contributed by atoms with van der Waals surface area (Å²) in [6, 6.07) is 0. The second kappa shape index (κ2) is 4.40. The Kier molecular flexibility index (Phi) is 4.07. The van der Waals surface area contributed by atoms with Crippen LogP contribution in [0.1, 0.15) is 13.8 Å². The number of rotatable bonds is 2. The summed E-state index contributed by atoms with van der Waals surface area (Å²) in [6.07, 6.45) is 0.144. The Labute approximate surface area is 93.4 Å². The van der Waals surface area contributed by atoms with Crippen molar-refractivity contribution < 1.29 is 13.3 Å². The first kappa shape index (κ1) is 12.9. The van der Waals surface area contributed by atoms with Crippen molar-refractivity contribution in [3.05, 3.63) is 0 Å². The van der Waals surface area contributed by atoms with Gasteiger partial charge in [0.15, 0.2) is 0 Å². The van der Waals surface area contributed by atoms with Crippen molar-refractivity contribution in [2.75, 3.05) is 6.61 Å². The maximum atomic E-state index is 5.81. The van der Waals surface area contributed by atoms with E-state index in [4.69, 9.17) is 25.5 Å². The predicted molar refractivity (Wildman–Crippen MR) is 64.4 cm³/mol. The average Bonchev–Trinajstić information content (AvgIpc) is 1.94. The van der Waals surface area contributed by atoms with Crippen LogP contribution in [-0.2, 0) is 25.5 Å². The third-order valence-corrected chi connectivity index (χ3v) is 7.36. The van der Waals surface area contributed by atoms with Gasteiger partial charge in [-0.25, -0.2) is 4.21 Å². The van der Waals surface area contributed by atoms with Crippen LogP contribution in [0.4, 0.5) is 0 Å². The molecule has 0 aromatic rings. The Morgan fingerprint density at radius 3 is 2.36 bits per heavy atom. The van der Waals surface area contributed by atoms with Crippen molar-refractivity contribution in [1.82, 2.24) is 0 Å². The quantitative estimate of drug-likeness (QED) is 0.430. The Morgan fingerprint density at radius 2 is 1.93 bits per heavy atom. The molecule has 3 atom stereocenters. The van der Waals surface area contributed by atoms with Crippen LogP contribution in [0.3, 0.4) is 0 Å². The smallest absolute Gasteiger partial charge is 0.276 e. The van der Waals surface area contributed by atoms with Crippen LogP contribution < -0.4 is 0 Å². The molecule has 0 saturated carbocycles. The highest BCUT2D eigenvalue weighted by Crippen LogP contribution is 2.65. The molecule has 6 heteroatoms. The van der Waals surface area contributed by atoms with E-state index in [-0.39, 0.29) is 6.10 Å². The normalized spacial score (nSPS) is 39.9. The second-order valence-corrected chi connectivity index (χ2v) is 12.4. The number of hydrogen-bond donors (Lipinski definition) is 0. The molecule has 1 saturated heterocycles. The highest BCUT2D eigenvalue weighted by atomic mass is 32.7. The van der Waals surface area contributed by atoms with Gasteiger partial charge in [0.1, 0.15) is 12.7 Å². The summed E-state index contributed by atoms with van der Waals surface area (Å²) in [4.78, 5) is 0. The molecule has 3 nitrogen and oxygen atoms in total. The fourth-order valence-electron chi connectivity index (χ4n) is 1.07. The van der Waals surface area contributed by atoms with Crippen LogP contribution in [0.5, 0.6) is 0 Å². The molecule has 0 aromatic heterocycles. The third-order valence-electron chi connectivity index (χ3n) is 1.98. The summed E-state index contributed by atoms with van der Waals surface area (Å²) in [5.74, 6) is 0.399. The van der Waals surface area contributed by atoms with E-state index in [0.717, 1.165) is 0 Å². The second-order valence-electron chi connectivity index (χ2n) is 4.73. The standard InChI is InChI=1S/C8H19O3PSSi/c1-7-6-9-12(13,10-8(7)2)11-14(3,4)5/h7-8H,6H2,1-5H3. The first-order chi connectivity index (χ1) is 6.22.